The molecule has 0 amide bonds. The topological polar surface area (TPSA) is 88.6 Å². The van der Waals surface area contributed by atoms with Crippen LogP contribution in [0.5, 0.6) is 5.75 Å². The maximum atomic E-state index is 8.55. The predicted octanol–water partition coefficient (Wildman–Crippen LogP) is 2.63. The van der Waals surface area contributed by atoms with Gasteiger partial charge in [0.05, 0.1) is 12.7 Å². The lowest BCUT2D eigenvalue weighted by molar-refractivity contribution is 0.312. The van der Waals surface area contributed by atoms with Gasteiger partial charge in [-0.05, 0) is 30.2 Å². The summed E-state index contributed by atoms with van der Waals surface area (Å²) >= 11 is 0. The third kappa shape index (κ3) is 4.88. The first-order valence-corrected chi connectivity index (χ1v) is 8.45. The molecule has 26 heavy (non-hydrogen) atoms. The van der Waals surface area contributed by atoms with Gasteiger partial charge < -0.3 is 10.1 Å². The van der Waals surface area contributed by atoms with E-state index in [0.717, 1.165) is 29.1 Å². The Labute approximate surface area is 152 Å². The fraction of sp³-hybridized carbons (Fsp3) is 0.263. The molecule has 7 nitrogen and oxygen atoms in total. The van der Waals surface area contributed by atoms with Gasteiger partial charge in [0.25, 0.3) is 0 Å². The Hall–Kier alpha value is -3.24. The minimum absolute atomic E-state index is 0.514. The van der Waals surface area contributed by atoms with E-state index in [-0.39, 0.29) is 0 Å². The van der Waals surface area contributed by atoms with E-state index in [0.29, 0.717) is 26.1 Å². The van der Waals surface area contributed by atoms with E-state index < -0.39 is 0 Å². The molecule has 0 aliphatic rings. The summed E-state index contributed by atoms with van der Waals surface area (Å²) in [6, 6.07) is 14.0. The Morgan fingerprint density at radius 2 is 2.15 bits per heavy atom. The van der Waals surface area contributed by atoms with Crippen LogP contribution in [0.4, 0.5) is 0 Å². The Kier molecular flexibility index (Phi) is 6.29. The van der Waals surface area contributed by atoms with Crippen LogP contribution in [0.15, 0.2) is 55.2 Å². The maximum absolute atomic E-state index is 8.55. The molecular formula is C19H20N6O. The van der Waals surface area contributed by atoms with E-state index in [2.05, 4.69) is 32.5 Å². The number of ether oxygens (including phenoxy) is 1. The van der Waals surface area contributed by atoms with Gasteiger partial charge in [-0.3, -0.25) is 0 Å². The number of aromatic nitrogens is 4. The van der Waals surface area contributed by atoms with Gasteiger partial charge in [-0.2, -0.15) is 10.4 Å². The quantitative estimate of drug-likeness (QED) is 0.598. The molecule has 3 rings (SSSR count). The van der Waals surface area contributed by atoms with E-state index in [1.807, 2.05) is 30.3 Å². The van der Waals surface area contributed by atoms with E-state index in [1.54, 1.807) is 17.2 Å². The second-order valence-electron chi connectivity index (χ2n) is 5.69. The van der Waals surface area contributed by atoms with Crippen molar-refractivity contribution in [1.82, 2.24) is 25.1 Å². The number of pyridine rings is 1. The van der Waals surface area contributed by atoms with E-state index in [1.165, 1.54) is 6.33 Å². The second-order valence-corrected chi connectivity index (χ2v) is 5.69. The van der Waals surface area contributed by atoms with Crippen molar-refractivity contribution in [3.05, 3.63) is 66.4 Å². The second kappa shape index (κ2) is 9.30. The Morgan fingerprint density at radius 1 is 1.19 bits per heavy atom. The highest BCUT2D eigenvalue weighted by molar-refractivity contribution is 5.32. The monoisotopic (exact) mass is 348 g/mol. The lowest BCUT2D eigenvalue weighted by Gasteiger charge is -2.10. The highest BCUT2D eigenvalue weighted by Crippen LogP contribution is 2.14. The molecule has 1 aromatic carbocycles. The van der Waals surface area contributed by atoms with Crippen LogP contribution in [0.3, 0.4) is 0 Å². The van der Waals surface area contributed by atoms with Crippen LogP contribution in [0.1, 0.15) is 24.0 Å². The summed E-state index contributed by atoms with van der Waals surface area (Å²) in [4.78, 5) is 8.36. The minimum atomic E-state index is 0.514. The van der Waals surface area contributed by atoms with Gasteiger partial charge in [0.1, 0.15) is 18.4 Å². The van der Waals surface area contributed by atoms with Crippen molar-refractivity contribution in [1.29, 1.82) is 5.26 Å². The molecule has 0 bridgehead atoms. The molecule has 3 aromatic rings. The molecule has 0 saturated carbocycles. The summed E-state index contributed by atoms with van der Waals surface area (Å²) in [6.07, 6.45) is 6.13. The van der Waals surface area contributed by atoms with Crippen molar-refractivity contribution in [2.75, 3.05) is 6.61 Å². The predicted molar refractivity (Wildman–Crippen MR) is 96.5 cm³/mol. The zero-order valence-corrected chi connectivity index (χ0v) is 14.4. The van der Waals surface area contributed by atoms with Crippen molar-refractivity contribution in [3.63, 3.8) is 0 Å². The number of nitrogens with one attached hydrogen (secondary N) is 1. The standard InChI is InChI=1S/C19H20N6O/c20-8-1-2-10-26-18-7-3-5-16(11-18)12-21-13-17-6-4-9-23-19(17)25-15-22-14-24-25/h3-7,9,11,14-15,21H,1-2,10,12-13H2. The Balaban J connectivity index is 1.55. The first-order chi connectivity index (χ1) is 12.9. The third-order valence-electron chi connectivity index (χ3n) is 3.75. The number of hydrogen-bond acceptors (Lipinski definition) is 6. The largest absolute Gasteiger partial charge is 0.494 e. The molecule has 1 N–H and O–H groups in total. The first-order valence-electron chi connectivity index (χ1n) is 8.45. The first kappa shape index (κ1) is 17.6. The molecule has 0 radical (unpaired) electrons. The van der Waals surface area contributed by atoms with Gasteiger partial charge in [0.15, 0.2) is 5.82 Å². The average Bonchev–Trinajstić information content (AvgIpc) is 3.21. The van der Waals surface area contributed by atoms with E-state index in [4.69, 9.17) is 10.00 Å². The zero-order chi connectivity index (χ0) is 18.0. The lowest BCUT2D eigenvalue weighted by atomic mass is 10.2. The Bertz CT molecular complexity index is 856. The number of nitrogens with zero attached hydrogens (tertiary/aromatic N) is 5. The van der Waals surface area contributed by atoms with Crippen molar-refractivity contribution in [3.8, 4) is 17.6 Å². The molecule has 0 atom stereocenters. The fourth-order valence-corrected chi connectivity index (χ4v) is 2.52. The van der Waals surface area contributed by atoms with Gasteiger partial charge in [-0.15, -0.1) is 0 Å². The molecule has 0 aliphatic heterocycles. The molecule has 7 heteroatoms. The van der Waals surface area contributed by atoms with Crippen molar-refractivity contribution >= 4 is 0 Å². The van der Waals surface area contributed by atoms with Crippen LogP contribution < -0.4 is 10.1 Å². The zero-order valence-electron chi connectivity index (χ0n) is 14.4. The number of unbranched alkanes of at least 4 members (excludes halogenated alkanes) is 1. The highest BCUT2D eigenvalue weighted by Gasteiger charge is 2.06. The van der Waals surface area contributed by atoms with Crippen LogP contribution in [-0.2, 0) is 13.1 Å². The van der Waals surface area contributed by atoms with Crippen LogP contribution in [0.25, 0.3) is 5.82 Å². The van der Waals surface area contributed by atoms with Crippen LogP contribution >= 0.6 is 0 Å². The summed E-state index contributed by atoms with van der Waals surface area (Å²) in [6.45, 7) is 1.93. The number of hydrogen-bond donors (Lipinski definition) is 1. The van der Waals surface area contributed by atoms with Gasteiger partial charge in [-0.25, -0.2) is 14.6 Å². The van der Waals surface area contributed by atoms with Crippen LogP contribution in [-0.4, -0.2) is 26.4 Å². The molecule has 0 spiro atoms. The number of benzene rings is 1. The summed E-state index contributed by atoms with van der Waals surface area (Å²) in [5, 5.41) is 16.1. The average molecular weight is 348 g/mol. The number of rotatable bonds is 9. The van der Waals surface area contributed by atoms with E-state index in [9.17, 15) is 0 Å². The van der Waals surface area contributed by atoms with Crippen molar-refractivity contribution in [2.45, 2.75) is 25.9 Å². The van der Waals surface area contributed by atoms with Gasteiger partial charge in [0.2, 0.25) is 0 Å². The van der Waals surface area contributed by atoms with Gasteiger partial charge in [0, 0.05) is 31.3 Å². The molecular weight excluding hydrogens is 328 g/mol. The third-order valence-corrected chi connectivity index (χ3v) is 3.75. The van der Waals surface area contributed by atoms with E-state index >= 15 is 0 Å². The van der Waals surface area contributed by atoms with Gasteiger partial charge in [-0.1, -0.05) is 18.2 Å². The molecule has 0 saturated heterocycles. The molecule has 0 fully saturated rings. The normalized spacial score (nSPS) is 10.4. The molecule has 2 aromatic heterocycles. The fourth-order valence-electron chi connectivity index (χ4n) is 2.52. The highest BCUT2D eigenvalue weighted by atomic mass is 16.5. The summed E-state index contributed by atoms with van der Waals surface area (Å²) in [5.41, 5.74) is 2.18. The Morgan fingerprint density at radius 3 is 3.00 bits per heavy atom. The molecule has 0 unspecified atom stereocenters. The van der Waals surface area contributed by atoms with Gasteiger partial charge >= 0.3 is 0 Å². The van der Waals surface area contributed by atoms with Crippen LogP contribution in [0, 0.1) is 11.3 Å². The summed E-state index contributed by atoms with van der Waals surface area (Å²) in [5.74, 6) is 1.60. The SMILES string of the molecule is N#CCCCOc1cccc(CNCc2cccnc2-n2cncn2)c1. The molecule has 0 aliphatic carbocycles. The van der Waals surface area contributed by atoms with Crippen molar-refractivity contribution in [2.24, 2.45) is 0 Å². The smallest absolute Gasteiger partial charge is 0.159 e. The lowest BCUT2D eigenvalue weighted by Crippen LogP contribution is -2.15. The van der Waals surface area contributed by atoms with Crippen molar-refractivity contribution < 1.29 is 4.74 Å². The molecule has 2 heterocycles. The molecule has 132 valence electrons. The minimum Gasteiger partial charge on any atom is -0.494 e. The van der Waals surface area contributed by atoms with Crippen LogP contribution in [0.2, 0.25) is 0 Å². The summed E-state index contributed by atoms with van der Waals surface area (Å²) in [7, 11) is 0. The summed E-state index contributed by atoms with van der Waals surface area (Å²) < 4.78 is 7.33. The number of nitriles is 1. The maximum Gasteiger partial charge on any atom is 0.159 e.